The third-order valence-electron chi connectivity index (χ3n) is 1.71. The lowest BCUT2D eigenvalue weighted by Crippen LogP contribution is -2.08. The van der Waals surface area contributed by atoms with Crippen LogP contribution in [0.25, 0.3) is 0 Å². The number of hydrogen-bond acceptors (Lipinski definition) is 2. The molecular formula is C8H18O2. The van der Waals surface area contributed by atoms with Gasteiger partial charge in [-0.1, -0.05) is 26.7 Å². The van der Waals surface area contributed by atoms with Gasteiger partial charge >= 0.3 is 0 Å². The zero-order valence-electron chi connectivity index (χ0n) is 7.22. The molecule has 0 fully saturated rings. The van der Waals surface area contributed by atoms with Crippen molar-refractivity contribution in [3.63, 3.8) is 0 Å². The fraction of sp³-hybridized carbons (Fsp3) is 1.00. The van der Waals surface area contributed by atoms with Gasteiger partial charge in [-0.3, -0.25) is 0 Å². The molecule has 0 saturated carbocycles. The van der Waals surface area contributed by atoms with E-state index in [1.54, 1.807) is 7.11 Å². The van der Waals surface area contributed by atoms with Crippen LogP contribution in [0.1, 0.15) is 26.7 Å². The van der Waals surface area contributed by atoms with Crippen LogP contribution in [0, 0.1) is 5.92 Å². The van der Waals surface area contributed by atoms with Crippen LogP contribution in [0.5, 0.6) is 0 Å². The van der Waals surface area contributed by atoms with E-state index in [0.29, 0.717) is 12.7 Å². The van der Waals surface area contributed by atoms with Gasteiger partial charge in [0.2, 0.25) is 0 Å². The van der Waals surface area contributed by atoms with Crippen molar-refractivity contribution in [3.05, 3.63) is 0 Å². The third-order valence-corrected chi connectivity index (χ3v) is 1.71. The molecule has 2 nitrogen and oxygen atoms in total. The Bertz CT molecular complexity index is 60.3. The van der Waals surface area contributed by atoms with Crippen LogP contribution in [0.4, 0.5) is 0 Å². The van der Waals surface area contributed by atoms with Crippen molar-refractivity contribution < 1.29 is 9.47 Å². The predicted molar refractivity (Wildman–Crippen MR) is 41.9 cm³/mol. The highest BCUT2D eigenvalue weighted by Crippen LogP contribution is 2.06. The summed E-state index contributed by atoms with van der Waals surface area (Å²) in [7, 11) is 1.65. The third kappa shape index (κ3) is 4.77. The standard InChI is InChI=1S/C8H18O2/c1-4-8(5-2)6-10-7-9-3/h8H,4-7H2,1-3H3. The molecule has 0 unspecified atom stereocenters. The average Bonchev–Trinajstić information content (AvgIpc) is 1.99. The van der Waals surface area contributed by atoms with Crippen molar-refractivity contribution in [2.45, 2.75) is 26.7 Å². The molecule has 0 saturated heterocycles. The van der Waals surface area contributed by atoms with E-state index in [2.05, 4.69) is 13.8 Å². The quantitative estimate of drug-likeness (QED) is 0.421. The summed E-state index contributed by atoms with van der Waals surface area (Å²) in [4.78, 5) is 0. The van der Waals surface area contributed by atoms with Gasteiger partial charge in [0.1, 0.15) is 6.79 Å². The van der Waals surface area contributed by atoms with Crippen molar-refractivity contribution in [2.75, 3.05) is 20.5 Å². The van der Waals surface area contributed by atoms with E-state index in [-0.39, 0.29) is 0 Å². The first-order chi connectivity index (χ1) is 4.85. The Labute approximate surface area is 63.5 Å². The van der Waals surface area contributed by atoms with E-state index in [1.165, 1.54) is 12.8 Å². The summed E-state index contributed by atoms with van der Waals surface area (Å²) in [6.45, 7) is 5.63. The first kappa shape index (κ1) is 9.92. The molecule has 0 spiro atoms. The summed E-state index contributed by atoms with van der Waals surface area (Å²) in [6.07, 6.45) is 2.39. The highest BCUT2D eigenvalue weighted by atomic mass is 16.7. The van der Waals surface area contributed by atoms with E-state index < -0.39 is 0 Å². The van der Waals surface area contributed by atoms with E-state index in [4.69, 9.17) is 9.47 Å². The highest BCUT2D eigenvalue weighted by Gasteiger charge is 2.01. The van der Waals surface area contributed by atoms with Crippen molar-refractivity contribution in [1.82, 2.24) is 0 Å². The molecule has 2 heteroatoms. The smallest absolute Gasteiger partial charge is 0.146 e. The molecule has 0 bridgehead atoms. The van der Waals surface area contributed by atoms with Gasteiger partial charge in [0.15, 0.2) is 0 Å². The van der Waals surface area contributed by atoms with Gasteiger partial charge in [-0.2, -0.15) is 0 Å². The number of rotatable bonds is 6. The zero-order valence-corrected chi connectivity index (χ0v) is 7.22. The summed E-state index contributed by atoms with van der Waals surface area (Å²) in [5, 5.41) is 0. The van der Waals surface area contributed by atoms with Crippen LogP contribution in [0.2, 0.25) is 0 Å². The maximum absolute atomic E-state index is 5.20. The van der Waals surface area contributed by atoms with Crippen LogP contribution in [-0.4, -0.2) is 20.5 Å². The van der Waals surface area contributed by atoms with Crippen LogP contribution in [-0.2, 0) is 9.47 Å². The Morgan fingerprint density at radius 2 is 1.80 bits per heavy atom. The van der Waals surface area contributed by atoms with E-state index in [9.17, 15) is 0 Å². The highest BCUT2D eigenvalue weighted by molar-refractivity contribution is 4.50. The Hall–Kier alpha value is -0.0800. The first-order valence-corrected chi connectivity index (χ1v) is 3.91. The second-order valence-corrected chi connectivity index (χ2v) is 2.46. The molecule has 0 aromatic heterocycles. The minimum atomic E-state index is 0.427. The molecule has 0 aromatic carbocycles. The average molecular weight is 146 g/mol. The van der Waals surface area contributed by atoms with Crippen LogP contribution >= 0.6 is 0 Å². The normalized spacial score (nSPS) is 10.8. The second kappa shape index (κ2) is 7.03. The fourth-order valence-corrected chi connectivity index (χ4v) is 0.822. The van der Waals surface area contributed by atoms with Crippen LogP contribution in [0.3, 0.4) is 0 Å². The van der Waals surface area contributed by atoms with Gasteiger partial charge in [-0.25, -0.2) is 0 Å². The SMILES string of the molecule is CCC(CC)COCOC. The van der Waals surface area contributed by atoms with Gasteiger partial charge in [0.25, 0.3) is 0 Å². The molecule has 0 atom stereocenters. The summed E-state index contributed by atoms with van der Waals surface area (Å²) >= 11 is 0. The first-order valence-electron chi connectivity index (χ1n) is 3.91. The molecule has 10 heavy (non-hydrogen) atoms. The maximum atomic E-state index is 5.20. The molecule has 62 valence electrons. The van der Waals surface area contributed by atoms with Crippen molar-refractivity contribution in [3.8, 4) is 0 Å². The van der Waals surface area contributed by atoms with E-state index in [1.807, 2.05) is 0 Å². The predicted octanol–water partition coefficient (Wildman–Crippen LogP) is 2.04. The zero-order chi connectivity index (χ0) is 7.82. The Morgan fingerprint density at radius 3 is 2.20 bits per heavy atom. The minimum Gasteiger partial charge on any atom is -0.359 e. The number of methoxy groups -OCH3 is 1. The molecule has 0 amide bonds. The molecule has 0 aliphatic carbocycles. The van der Waals surface area contributed by atoms with Crippen LogP contribution in [0.15, 0.2) is 0 Å². The Balaban J connectivity index is 3.09. The van der Waals surface area contributed by atoms with Gasteiger partial charge in [0.05, 0.1) is 6.61 Å². The molecule has 0 heterocycles. The van der Waals surface area contributed by atoms with E-state index >= 15 is 0 Å². The van der Waals surface area contributed by atoms with Crippen molar-refractivity contribution >= 4 is 0 Å². The fourth-order valence-electron chi connectivity index (χ4n) is 0.822. The lowest BCUT2D eigenvalue weighted by Gasteiger charge is -2.11. The molecule has 0 aromatic rings. The van der Waals surface area contributed by atoms with Gasteiger partial charge < -0.3 is 9.47 Å². The largest absolute Gasteiger partial charge is 0.359 e. The molecule has 0 radical (unpaired) electrons. The molecule has 0 rings (SSSR count). The molecular weight excluding hydrogens is 128 g/mol. The van der Waals surface area contributed by atoms with Gasteiger partial charge in [-0.15, -0.1) is 0 Å². The number of hydrogen-bond donors (Lipinski definition) is 0. The second-order valence-electron chi connectivity index (χ2n) is 2.46. The summed E-state index contributed by atoms with van der Waals surface area (Å²) in [5.74, 6) is 0.704. The van der Waals surface area contributed by atoms with Crippen molar-refractivity contribution in [1.29, 1.82) is 0 Å². The van der Waals surface area contributed by atoms with E-state index in [0.717, 1.165) is 6.61 Å². The monoisotopic (exact) mass is 146 g/mol. The lowest BCUT2D eigenvalue weighted by atomic mass is 10.1. The van der Waals surface area contributed by atoms with Crippen LogP contribution < -0.4 is 0 Å². The molecule has 0 N–H and O–H groups in total. The summed E-state index contributed by atoms with van der Waals surface area (Å²) in [6, 6.07) is 0. The van der Waals surface area contributed by atoms with Gasteiger partial charge in [0, 0.05) is 7.11 Å². The Kier molecular flexibility index (Phi) is 6.98. The number of ether oxygens (including phenoxy) is 2. The summed E-state index contributed by atoms with van der Waals surface area (Å²) < 4.78 is 9.96. The van der Waals surface area contributed by atoms with Gasteiger partial charge in [-0.05, 0) is 5.92 Å². The molecule has 0 aliphatic heterocycles. The lowest BCUT2D eigenvalue weighted by molar-refractivity contribution is -0.0440. The summed E-state index contributed by atoms with van der Waals surface area (Å²) in [5.41, 5.74) is 0. The molecule has 0 aliphatic rings. The maximum Gasteiger partial charge on any atom is 0.146 e. The minimum absolute atomic E-state index is 0.427. The van der Waals surface area contributed by atoms with Crippen molar-refractivity contribution in [2.24, 2.45) is 5.92 Å². The topological polar surface area (TPSA) is 18.5 Å². The Morgan fingerprint density at radius 1 is 1.20 bits per heavy atom.